The number of nitrogens with zero attached hydrogens (tertiary/aromatic N) is 1. The Bertz CT molecular complexity index is 734. The molecule has 22 heavy (non-hydrogen) atoms. The first-order valence-electron chi connectivity index (χ1n) is 6.79. The van der Waals surface area contributed by atoms with Gasteiger partial charge in [-0.3, -0.25) is 9.59 Å². The van der Waals surface area contributed by atoms with Crippen LogP contribution in [0.2, 0.25) is 10.0 Å². The zero-order chi connectivity index (χ0) is 15.6. The number of fused-ring (bicyclic) bond motifs is 5. The van der Waals surface area contributed by atoms with Crippen LogP contribution in [0.25, 0.3) is 0 Å². The first kappa shape index (κ1) is 14.2. The summed E-state index contributed by atoms with van der Waals surface area (Å²) in [7, 11) is 0. The quantitative estimate of drug-likeness (QED) is 0.659. The Kier molecular flexibility index (Phi) is 2.94. The van der Waals surface area contributed by atoms with Crippen LogP contribution in [0.3, 0.4) is 0 Å². The van der Waals surface area contributed by atoms with Gasteiger partial charge in [0, 0.05) is 0 Å². The van der Waals surface area contributed by atoms with E-state index >= 15 is 0 Å². The summed E-state index contributed by atoms with van der Waals surface area (Å²) in [6, 6.07) is 4.61. The summed E-state index contributed by atoms with van der Waals surface area (Å²) < 4.78 is 5.67. The van der Waals surface area contributed by atoms with E-state index in [1.165, 1.54) is 6.07 Å². The molecule has 2 amide bonds. The summed E-state index contributed by atoms with van der Waals surface area (Å²) in [4.78, 5) is 26.5. The number of hydrogen-bond acceptors (Lipinski definition) is 4. The molecule has 3 aliphatic rings. The lowest BCUT2D eigenvalue weighted by molar-refractivity contribution is -0.128. The first-order valence-corrected chi connectivity index (χ1v) is 7.55. The van der Waals surface area contributed by atoms with Crippen LogP contribution >= 0.6 is 23.2 Å². The van der Waals surface area contributed by atoms with Gasteiger partial charge in [-0.2, -0.15) is 0 Å². The lowest BCUT2D eigenvalue weighted by Crippen LogP contribution is -2.43. The van der Waals surface area contributed by atoms with Crippen molar-refractivity contribution >= 4 is 40.7 Å². The van der Waals surface area contributed by atoms with Crippen LogP contribution in [0, 0.1) is 11.8 Å². The molecular weight excluding hydrogens is 329 g/mol. The van der Waals surface area contributed by atoms with Crippen molar-refractivity contribution < 1.29 is 19.4 Å². The maximum atomic E-state index is 12.8. The second-order valence-electron chi connectivity index (χ2n) is 5.67. The second-order valence-corrected chi connectivity index (χ2v) is 6.48. The standard InChI is InChI=1S/C15H11Cl2NO4/c16-8-2-1-7(5-9(8)17)18-13(20)11-10-3-4-15(6-19,22-10)12(11)14(18)21/h1-5,10-12,19H,6H2/t10-,11-,12+,15-/m1/s1. The highest BCUT2D eigenvalue weighted by Crippen LogP contribution is 2.52. The van der Waals surface area contributed by atoms with E-state index in [1.807, 2.05) is 0 Å². The molecule has 2 fully saturated rings. The van der Waals surface area contributed by atoms with E-state index in [1.54, 1.807) is 24.3 Å². The molecule has 0 spiro atoms. The fourth-order valence-electron chi connectivity index (χ4n) is 3.56. The number of halogens is 2. The highest BCUT2D eigenvalue weighted by atomic mass is 35.5. The Morgan fingerprint density at radius 3 is 2.68 bits per heavy atom. The van der Waals surface area contributed by atoms with Crippen molar-refractivity contribution in [2.75, 3.05) is 11.5 Å². The molecule has 7 heteroatoms. The third-order valence-electron chi connectivity index (χ3n) is 4.56. The molecule has 1 N–H and O–H groups in total. The maximum absolute atomic E-state index is 12.8. The number of rotatable bonds is 2. The number of hydrogen-bond donors (Lipinski definition) is 1. The molecule has 2 saturated heterocycles. The van der Waals surface area contributed by atoms with E-state index in [-0.39, 0.29) is 23.4 Å². The van der Waals surface area contributed by atoms with Crippen LogP contribution in [0.5, 0.6) is 0 Å². The van der Waals surface area contributed by atoms with Crippen molar-refractivity contribution in [2.24, 2.45) is 11.8 Å². The molecule has 1 aromatic carbocycles. The fourth-order valence-corrected chi connectivity index (χ4v) is 3.85. The SMILES string of the molecule is O=C1[C@H]2[C@@H](C(=O)N1c1ccc(Cl)c(Cl)c1)[C@]1(CO)C=C[C@H]2O1. The van der Waals surface area contributed by atoms with E-state index in [0.29, 0.717) is 10.7 Å². The van der Waals surface area contributed by atoms with Gasteiger partial charge in [0.2, 0.25) is 11.8 Å². The van der Waals surface area contributed by atoms with Crippen LogP contribution < -0.4 is 4.90 Å². The lowest BCUT2D eigenvalue weighted by atomic mass is 9.77. The van der Waals surface area contributed by atoms with E-state index in [4.69, 9.17) is 27.9 Å². The minimum atomic E-state index is -1.09. The molecule has 5 nitrogen and oxygen atoms in total. The number of benzene rings is 1. The molecule has 1 aromatic rings. The lowest BCUT2D eigenvalue weighted by Gasteiger charge is -2.26. The number of ether oxygens (including phenoxy) is 1. The summed E-state index contributed by atoms with van der Waals surface area (Å²) in [6.45, 7) is -0.338. The Labute approximate surface area is 136 Å². The summed E-state index contributed by atoms with van der Waals surface area (Å²) >= 11 is 11.8. The molecule has 4 atom stereocenters. The number of aliphatic hydroxyl groups is 1. The minimum absolute atomic E-state index is 0.269. The largest absolute Gasteiger partial charge is 0.393 e. The number of imide groups is 1. The minimum Gasteiger partial charge on any atom is -0.393 e. The van der Waals surface area contributed by atoms with E-state index in [9.17, 15) is 14.7 Å². The van der Waals surface area contributed by atoms with Gasteiger partial charge in [0.25, 0.3) is 0 Å². The van der Waals surface area contributed by atoms with Gasteiger partial charge in [-0.15, -0.1) is 0 Å². The summed E-state index contributed by atoms with van der Waals surface area (Å²) in [5.74, 6) is -2.01. The molecule has 3 heterocycles. The fraction of sp³-hybridized carbons (Fsp3) is 0.333. The first-order chi connectivity index (χ1) is 10.5. The van der Waals surface area contributed by atoms with Crippen LogP contribution in [0.1, 0.15) is 0 Å². The molecule has 3 aliphatic heterocycles. The third kappa shape index (κ3) is 1.62. The van der Waals surface area contributed by atoms with Crippen LogP contribution in [-0.2, 0) is 14.3 Å². The average Bonchev–Trinajstić information content (AvgIpc) is 3.14. The second kappa shape index (κ2) is 4.55. The Balaban J connectivity index is 1.77. The van der Waals surface area contributed by atoms with Crippen molar-refractivity contribution in [3.8, 4) is 0 Å². The predicted molar refractivity (Wildman–Crippen MR) is 79.8 cm³/mol. The molecule has 0 radical (unpaired) electrons. The number of anilines is 1. The normalized spacial score (nSPS) is 35.6. The van der Waals surface area contributed by atoms with Gasteiger partial charge in [0.1, 0.15) is 5.60 Å². The number of carbonyl (C=O) groups is 2. The molecule has 2 bridgehead atoms. The van der Waals surface area contributed by atoms with Crippen molar-refractivity contribution in [3.63, 3.8) is 0 Å². The zero-order valence-corrected chi connectivity index (χ0v) is 12.7. The highest BCUT2D eigenvalue weighted by Gasteiger charge is 2.67. The average molecular weight is 340 g/mol. The van der Waals surface area contributed by atoms with Crippen LogP contribution in [-0.4, -0.2) is 35.2 Å². The van der Waals surface area contributed by atoms with E-state index < -0.39 is 23.5 Å². The summed E-state index contributed by atoms with van der Waals surface area (Å²) in [6.07, 6.45) is 2.95. The summed E-state index contributed by atoms with van der Waals surface area (Å²) in [5, 5.41) is 10.3. The van der Waals surface area contributed by atoms with Gasteiger partial charge in [-0.05, 0) is 18.2 Å². The van der Waals surface area contributed by atoms with Gasteiger partial charge >= 0.3 is 0 Å². The molecule has 0 aliphatic carbocycles. The van der Waals surface area contributed by atoms with Crippen molar-refractivity contribution in [1.29, 1.82) is 0 Å². The molecular formula is C15H11Cl2NO4. The van der Waals surface area contributed by atoms with Crippen molar-refractivity contribution in [2.45, 2.75) is 11.7 Å². The van der Waals surface area contributed by atoms with Crippen molar-refractivity contribution in [3.05, 3.63) is 40.4 Å². The molecule has 4 rings (SSSR count). The summed E-state index contributed by atoms with van der Waals surface area (Å²) in [5.41, 5.74) is -0.709. The number of amides is 2. The van der Waals surface area contributed by atoms with Crippen molar-refractivity contribution in [1.82, 2.24) is 0 Å². The van der Waals surface area contributed by atoms with Gasteiger partial charge in [-0.1, -0.05) is 35.4 Å². The Morgan fingerprint density at radius 2 is 2.00 bits per heavy atom. The number of aliphatic hydroxyl groups excluding tert-OH is 1. The molecule has 114 valence electrons. The Hall–Kier alpha value is -1.40. The number of carbonyl (C=O) groups excluding carboxylic acids is 2. The Morgan fingerprint density at radius 1 is 1.23 bits per heavy atom. The van der Waals surface area contributed by atoms with Crippen LogP contribution in [0.4, 0.5) is 5.69 Å². The van der Waals surface area contributed by atoms with Gasteiger partial charge in [-0.25, -0.2) is 4.90 Å². The topological polar surface area (TPSA) is 66.8 Å². The third-order valence-corrected chi connectivity index (χ3v) is 5.30. The molecule has 0 aromatic heterocycles. The zero-order valence-electron chi connectivity index (χ0n) is 11.2. The van der Waals surface area contributed by atoms with Crippen LogP contribution in [0.15, 0.2) is 30.4 Å². The monoisotopic (exact) mass is 339 g/mol. The van der Waals surface area contributed by atoms with E-state index in [0.717, 1.165) is 4.90 Å². The maximum Gasteiger partial charge on any atom is 0.241 e. The van der Waals surface area contributed by atoms with E-state index in [2.05, 4.69) is 0 Å². The highest BCUT2D eigenvalue weighted by molar-refractivity contribution is 6.42. The van der Waals surface area contributed by atoms with Gasteiger partial charge in [0.05, 0.1) is 40.3 Å². The predicted octanol–water partition coefficient (Wildman–Crippen LogP) is 1.80. The molecule has 0 unspecified atom stereocenters. The smallest absolute Gasteiger partial charge is 0.241 e. The molecule has 0 saturated carbocycles. The van der Waals surface area contributed by atoms with Gasteiger partial charge in [0.15, 0.2) is 0 Å². The van der Waals surface area contributed by atoms with Gasteiger partial charge < -0.3 is 9.84 Å².